The first kappa shape index (κ1) is 15.9. The molecule has 0 bridgehead atoms. The predicted molar refractivity (Wildman–Crippen MR) is 96.1 cm³/mol. The number of hydrogen-bond acceptors (Lipinski definition) is 5. The second kappa shape index (κ2) is 5.84. The van der Waals surface area contributed by atoms with E-state index in [1.807, 2.05) is 0 Å². The average molecular weight is 357 g/mol. The lowest BCUT2D eigenvalue weighted by molar-refractivity contribution is -0.116. The highest BCUT2D eigenvalue weighted by Crippen LogP contribution is 2.47. The third-order valence-corrected chi connectivity index (χ3v) is 5.36. The third-order valence-electron chi connectivity index (χ3n) is 5.36. The zero-order chi connectivity index (χ0) is 18.5. The minimum atomic E-state index is -0.593. The van der Waals surface area contributed by atoms with Crippen molar-refractivity contribution in [2.75, 3.05) is 0 Å². The maximum absolute atomic E-state index is 13.3. The fourth-order valence-electron chi connectivity index (χ4n) is 4.15. The number of hydrogen-bond donors (Lipinski definition) is 0. The molecular formula is C22H15NO4. The van der Waals surface area contributed by atoms with Gasteiger partial charge in [0.05, 0.1) is 5.57 Å². The van der Waals surface area contributed by atoms with Gasteiger partial charge in [0.2, 0.25) is 5.78 Å². The minimum absolute atomic E-state index is 0.0243. The second-order valence-electron chi connectivity index (χ2n) is 6.88. The molecule has 0 radical (unpaired) electrons. The van der Waals surface area contributed by atoms with Crippen molar-refractivity contribution in [3.05, 3.63) is 88.1 Å². The van der Waals surface area contributed by atoms with Gasteiger partial charge >= 0.3 is 0 Å². The number of Topliss-reactive ketones (excluding diaryl/α,β-unsaturated/α-hetero) is 3. The van der Waals surface area contributed by atoms with Crippen LogP contribution in [0.5, 0.6) is 0 Å². The smallest absolute Gasteiger partial charge is 0.229 e. The molecule has 1 atom stereocenters. The lowest BCUT2D eigenvalue weighted by Crippen LogP contribution is -2.34. The standard InChI is InChI=1S/C22H15NO4/c24-15-6-3-7-16-18(15)17(12-8-10-23-11-9-12)19-20(25)13-4-1-2-5-14(13)21(26)22(19)27-16/h1-2,4-5,8-11,17H,3,6-7H2. The average Bonchev–Trinajstić information content (AvgIpc) is 2.71. The fraction of sp³-hybridized carbons (Fsp3) is 0.182. The van der Waals surface area contributed by atoms with Crippen LogP contribution in [0.1, 0.15) is 51.5 Å². The molecule has 1 aliphatic heterocycles. The number of allylic oxidation sites excluding steroid dienone is 4. The first-order chi connectivity index (χ1) is 13.2. The molecule has 1 aromatic carbocycles. The quantitative estimate of drug-likeness (QED) is 0.780. The van der Waals surface area contributed by atoms with Gasteiger partial charge in [0.15, 0.2) is 17.3 Å². The molecule has 0 saturated carbocycles. The maximum Gasteiger partial charge on any atom is 0.229 e. The number of aromatic nitrogens is 1. The molecule has 1 aromatic heterocycles. The Labute approximate surface area is 155 Å². The molecule has 2 heterocycles. The van der Waals surface area contributed by atoms with Gasteiger partial charge in [-0.2, -0.15) is 0 Å². The Kier molecular flexibility index (Phi) is 3.44. The van der Waals surface area contributed by atoms with E-state index >= 15 is 0 Å². The number of rotatable bonds is 1. The van der Waals surface area contributed by atoms with Gasteiger partial charge in [-0.15, -0.1) is 0 Å². The Balaban J connectivity index is 1.77. The Morgan fingerprint density at radius 3 is 2.30 bits per heavy atom. The normalized spacial score (nSPS) is 21.5. The van der Waals surface area contributed by atoms with E-state index in [2.05, 4.69) is 4.98 Å². The minimum Gasteiger partial charge on any atom is -0.457 e. The summed E-state index contributed by atoms with van der Waals surface area (Å²) < 4.78 is 5.91. The number of ether oxygens (including phenoxy) is 1. The van der Waals surface area contributed by atoms with Gasteiger partial charge in [0.1, 0.15) is 5.76 Å². The van der Waals surface area contributed by atoms with Gasteiger partial charge in [-0.25, -0.2) is 0 Å². The number of carbonyl (C=O) groups excluding carboxylic acids is 3. The molecule has 3 aliphatic rings. The van der Waals surface area contributed by atoms with E-state index in [4.69, 9.17) is 4.74 Å². The summed E-state index contributed by atoms with van der Waals surface area (Å²) in [6, 6.07) is 10.3. The molecule has 27 heavy (non-hydrogen) atoms. The number of pyridine rings is 1. The van der Waals surface area contributed by atoms with Gasteiger partial charge in [-0.3, -0.25) is 19.4 Å². The van der Waals surface area contributed by atoms with Crippen LogP contribution in [0.15, 0.2) is 71.5 Å². The molecule has 2 aromatic rings. The third kappa shape index (κ3) is 2.24. The first-order valence-electron chi connectivity index (χ1n) is 8.93. The van der Waals surface area contributed by atoms with Gasteiger partial charge in [0.25, 0.3) is 0 Å². The van der Waals surface area contributed by atoms with E-state index in [0.717, 1.165) is 5.56 Å². The summed E-state index contributed by atoms with van der Waals surface area (Å²) in [6.07, 6.45) is 4.94. The van der Waals surface area contributed by atoms with Crippen LogP contribution in [0, 0.1) is 0 Å². The molecular weight excluding hydrogens is 342 g/mol. The van der Waals surface area contributed by atoms with E-state index in [1.54, 1.807) is 48.8 Å². The summed E-state index contributed by atoms with van der Waals surface area (Å²) >= 11 is 0. The van der Waals surface area contributed by atoms with E-state index in [1.165, 1.54) is 0 Å². The van der Waals surface area contributed by atoms with Crippen LogP contribution in [0.25, 0.3) is 0 Å². The highest BCUT2D eigenvalue weighted by Gasteiger charge is 2.45. The molecule has 2 aliphatic carbocycles. The van der Waals surface area contributed by atoms with Crippen LogP contribution in [0.2, 0.25) is 0 Å². The summed E-state index contributed by atoms with van der Waals surface area (Å²) in [5.74, 6) is -0.592. The van der Waals surface area contributed by atoms with Crippen LogP contribution in [0.3, 0.4) is 0 Å². The Bertz CT molecular complexity index is 1080. The summed E-state index contributed by atoms with van der Waals surface area (Å²) in [4.78, 5) is 43.2. The first-order valence-corrected chi connectivity index (χ1v) is 8.93. The van der Waals surface area contributed by atoms with Crippen molar-refractivity contribution >= 4 is 17.3 Å². The zero-order valence-corrected chi connectivity index (χ0v) is 14.4. The lowest BCUT2D eigenvalue weighted by atomic mass is 9.72. The van der Waals surface area contributed by atoms with Crippen molar-refractivity contribution in [1.82, 2.24) is 4.98 Å². The zero-order valence-electron chi connectivity index (χ0n) is 14.4. The van der Waals surface area contributed by atoms with Gasteiger partial charge in [-0.05, 0) is 24.1 Å². The van der Waals surface area contributed by atoms with Crippen LogP contribution in [-0.4, -0.2) is 22.3 Å². The van der Waals surface area contributed by atoms with Crippen molar-refractivity contribution < 1.29 is 19.1 Å². The number of benzene rings is 1. The lowest BCUT2D eigenvalue weighted by Gasteiger charge is -2.35. The van der Waals surface area contributed by atoms with E-state index in [9.17, 15) is 14.4 Å². The SMILES string of the molecule is O=C1CCCC2=C1C(c1ccncc1)C1=C(O2)C(=O)c2ccccc2C1=O. The van der Waals surface area contributed by atoms with Crippen molar-refractivity contribution in [3.63, 3.8) is 0 Å². The predicted octanol–water partition coefficient (Wildman–Crippen LogP) is 3.54. The molecule has 0 N–H and O–H groups in total. The summed E-state index contributed by atoms with van der Waals surface area (Å²) in [7, 11) is 0. The monoisotopic (exact) mass is 357 g/mol. The van der Waals surface area contributed by atoms with Crippen molar-refractivity contribution in [2.45, 2.75) is 25.2 Å². The summed E-state index contributed by atoms with van der Waals surface area (Å²) in [6.45, 7) is 0. The Morgan fingerprint density at radius 1 is 0.852 bits per heavy atom. The molecule has 0 fully saturated rings. The van der Waals surface area contributed by atoms with Crippen LogP contribution in [0.4, 0.5) is 0 Å². The van der Waals surface area contributed by atoms with E-state index in [-0.39, 0.29) is 28.7 Å². The highest BCUT2D eigenvalue weighted by molar-refractivity contribution is 6.27. The molecule has 0 saturated heterocycles. The van der Waals surface area contributed by atoms with Crippen LogP contribution >= 0.6 is 0 Å². The van der Waals surface area contributed by atoms with Crippen molar-refractivity contribution in [1.29, 1.82) is 0 Å². The Hall–Kier alpha value is -3.34. The summed E-state index contributed by atoms with van der Waals surface area (Å²) in [5, 5.41) is 0. The van der Waals surface area contributed by atoms with Crippen molar-refractivity contribution in [2.24, 2.45) is 0 Å². The molecule has 1 unspecified atom stereocenters. The fourth-order valence-corrected chi connectivity index (χ4v) is 4.15. The summed E-state index contributed by atoms with van der Waals surface area (Å²) in [5.41, 5.74) is 2.24. The highest BCUT2D eigenvalue weighted by atomic mass is 16.5. The molecule has 132 valence electrons. The number of fused-ring (bicyclic) bond motifs is 1. The largest absolute Gasteiger partial charge is 0.457 e. The van der Waals surface area contributed by atoms with Crippen molar-refractivity contribution in [3.8, 4) is 0 Å². The van der Waals surface area contributed by atoms with Crippen LogP contribution in [-0.2, 0) is 9.53 Å². The van der Waals surface area contributed by atoms with Crippen LogP contribution < -0.4 is 0 Å². The van der Waals surface area contributed by atoms with Gasteiger partial charge in [-0.1, -0.05) is 24.3 Å². The van der Waals surface area contributed by atoms with Gasteiger partial charge < -0.3 is 4.74 Å². The maximum atomic E-state index is 13.3. The molecule has 0 amide bonds. The molecule has 5 heteroatoms. The molecule has 5 rings (SSSR count). The van der Waals surface area contributed by atoms with E-state index < -0.39 is 5.92 Å². The molecule has 0 spiro atoms. The number of carbonyl (C=O) groups is 3. The number of ketones is 3. The number of nitrogens with zero attached hydrogens (tertiary/aromatic N) is 1. The second-order valence-corrected chi connectivity index (χ2v) is 6.88. The topological polar surface area (TPSA) is 73.3 Å². The van der Waals surface area contributed by atoms with Gasteiger partial charge in [0, 0.05) is 47.9 Å². The van der Waals surface area contributed by atoms with E-state index in [0.29, 0.717) is 41.7 Å². The Morgan fingerprint density at radius 2 is 1.56 bits per heavy atom. The molecule has 5 nitrogen and oxygen atoms in total.